The average molecular weight is 270 g/mol. The standard InChI is InChI=1S/C14H26N2O3/c1-3-11-16(12-4-2)14(19)15-10-8-6-5-7-9-13(17)18/h3H,1,4-12H2,2H3,(H,15,19)(H,17,18). The first-order valence-electron chi connectivity index (χ1n) is 6.97. The summed E-state index contributed by atoms with van der Waals surface area (Å²) >= 11 is 0. The molecule has 0 heterocycles. The molecule has 110 valence electrons. The van der Waals surface area contributed by atoms with Crippen molar-refractivity contribution in [1.82, 2.24) is 10.2 Å². The highest BCUT2D eigenvalue weighted by Crippen LogP contribution is 2.02. The van der Waals surface area contributed by atoms with E-state index >= 15 is 0 Å². The predicted molar refractivity (Wildman–Crippen MR) is 76.2 cm³/mol. The van der Waals surface area contributed by atoms with Gasteiger partial charge in [0.1, 0.15) is 0 Å². The largest absolute Gasteiger partial charge is 0.481 e. The number of urea groups is 1. The lowest BCUT2D eigenvalue weighted by Crippen LogP contribution is -2.40. The number of nitrogens with one attached hydrogen (secondary N) is 1. The van der Waals surface area contributed by atoms with E-state index < -0.39 is 5.97 Å². The quantitative estimate of drug-likeness (QED) is 0.448. The van der Waals surface area contributed by atoms with Crippen LogP contribution in [0.25, 0.3) is 0 Å². The lowest BCUT2D eigenvalue weighted by atomic mass is 10.1. The fourth-order valence-electron chi connectivity index (χ4n) is 1.76. The first kappa shape index (κ1) is 17.5. The summed E-state index contributed by atoms with van der Waals surface area (Å²) in [4.78, 5) is 23.8. The number of carbonyl (C=O) groups is 2. The second-order valence-corrected chi connectivity index (χ2v) is 4.52. The molecule has 0 saturated heterocycles. The number of hydrogen-bond donors (Lipinski definition) is 2. The summed E-state index contributed by atoms with van der Waals surface area (Å²) in [6.07, 6.45) is 6.32. The summed E-state index contributed by atoms with van der Waals surface area (Å²) in [5.74, 6) is -0.743. The molecule has 5 nitrogen and oxygen atoms in total. The van der Waals surface area contributed by atoms with Crippen molar-refractivity contribution >= 4 is 12.0 Å². The van der Waals surface area contributed by atoms with Crippen LogP contribution < -0.4 is 5.32 Å². The van der Waals surface area contributed by atoms with E-state index in [0.29, 0.717) is 19.5 Å². The number of nitrogens with zero attached hydrogens (tertiary/aromatic N) is 1. The molecule has 0 aromatic heterocycles. The van der Waals surface area contributed by atoms with Gasteiger partial charge in [-0.15, -0.1) is 6.58 Å². The third-order valence-corrected chi connectivity index (χ3v) is 2.72. The molecule has 2 amide bonds. The van der Waals surface area contributed by atoms with Gasteiger partial charge in [-0.25, -0.2) is 4.79 Å². The number of hydrogen-bond acceptors (Lipinski definition) is 2. The molecule has 0 aromatic rings. The predicted octanol–water partition coefficient (Wildman–Crippen LogP) is 2.63. The summed E-state index contributed by atoms with van der Waals surface area (Å²) < 4.78 is 0. The number of carboxylic acid groups (broad SMARTS) is 1. The van der Waals surface area contributed by atoms with Crippen LogP contribution in [-0.4, -0.2) is 41.6 Å². The third-order valence-electron chi connectivity index (χ3n) is 2.72. The van der Waals surface area contributed by atoms with E-state index in [1.807, 2.05) is 6.92 Å². The third kappa shape index (κ3) is 10.1. The molecule has 0 unspecified atom stereocenters. The average Bonchev–Trinajstić information content (AvgIpc) is 2.36. The van der Waals surface area contributed by atoms with Crippen molar-refractivity contribution in [2.75, 3.05) is 19.6 Å². The molecule has 19 heavy (non-hydrogen) atoms. The minimum atomic E-state index is -0.743. The highest BCUT2D eigenvalue weighted by Gasteiger charge is 2.09. The van der Waals surface area contributed by atoms with Gasteiger partial charge in [-0.1, -0.05) is 25.8 Å². The number of unbranched alkanes of at least 4 members (excludes halogenated alkanes) is 3. The normalized spacial score (nSPS) is 9.95. The first-order chi connectivity index (χ1) is 9.11. The lowest BCUT2D eigenvalue weighted by Gasteiger charge is -2.20. The van der Waals surface area contributed by atoms with Gasteiger partial charge in [0.2, 0.25) is 0 Å². The van der Waals surface area contributed by atoms with Crippen LogP contribution in [0.15, 0.2) is 12.7 Å². The molecular formula is C14H26N2O3. The Morgan fingerprint density at radius 3 is 2.53 bits per heavy atom. The Hall–Kier alpha value is -1.52. The van der Waals surface area contributed by atoms with Crippen molar-refractivity contribution in [3.8, 4) is 0 Å². The molecule has 0 radical (unpaired) electrons. The smallest absolute Gasteiger partial charge is 0.317 e. The Morgan fingerprint density at radius 2 is 1.95 bits per heavy atom. The zero-order valence-electron chi connectivity index (χ0n) is 11.9. The zero-order valence-corrected chi connectivity index (χ0v) is 11.9. The summed E-state index contributed by atoms with van der Waals surface area (Å²) in [5.41, 5.74) is 0. The Bertz CT molecular complexity index is 280. The molecule has 0 saturated carbocycles. The van der Waals surface area contributed by atoms with Gasteiger partial charge in [0, 0.05) is 26.1 Å². The van der Waals surface area contributed by atoms with Gasteiger partial charge < -0.3 is 15.3 Å². The SMILES string of the molecule is C=CCN(CCC)C(=O)NCCCCCCC(=O)O. The molecule has 0 aromatic carbocycles. The second-order valence-electron chi connectivity index (χ2n) is 4.52. The molecular weight excluding hydrogens is 244 g/mol. The van der Waals surface area contributed by atoms with Gasteiger partial charge >= 0.3 is 12.0 Å². The van der Waals surface area contributed by atoms with Gasteiger partial charge in [-0.05, 0) is 19.3 Å². The number of rotatable bonds is 11. The van der Waals surface area contributed by atoms with E-state index in [0.717, 1.165) is 32.2 Å². The van der Waals surface area contributed by atoms with E-state index in [-0.39, 0.29) is 12.5 Å². The Kier molecular flexibility index (Phi) is 10.6. The molecule has 0 fully saturated rings. The van der Waals surface area contributed by atoms with Gasteiger partial charge in [0.15, 0.2) is 0 Å². The van der Waals surface area contributed by atoms with Crippen molar-refractivity contribution in [1.29, 1.82) is 0 Å². The molecule has 0 aliphatic heterocycles. The Balaban J connectivity index is 3.60. The van der Waals surface area contributed by atoms with E-state index in [4.69, 9.17) is 5.11 Å². The summed E-state index contributed by atoms with van der Waals surface area (Å²) in [7, 11) is 0. The van der Waals surface area contributed by atoms with Crippen LogP contribution in [0.5, 0.6) is 0 Å². The maximum absolute atomic E-state index is 11.8. The fourth-order valence-corrected chi connectivity index (χ4v) is 1.76. The molecule has 5 heteroatoms. The lowest BCUT2D eigenvalue weighted by molar-refractivity contribution is -0.137. The van der Waals surface area contributed by atoms with Crippen LogP contribution in [-0.2, 0) is 4.79 Å². The minimum Gasteiger partial charge on any atom is -0.481 e. The summed E-state index contributed by atoms with van der Waals surface area (Å²) in [6, 6.07) is -0.0488. The van der Waals surface area contributed by atoms with Crippen LogP contribution >= 0.6 is 0 Å². The van der Waals surface area contributed by atoms with Crippen molar-refractivity contribution < 1.29 is 14.7 Å². The van der Waals surface area contributed by atoms with Crippen molar-refractivity contribution in [2.24, 2.45) is 0 Å². The van der Waals surface area contributed by atoms with Crippen molar-refractivity contribution in [3.05, 3.63) is 12.7 Å². The minimum absolute atomic E-state index is 0.0488. The summed E-state index contributed by atoms with van der Waals surface area (Å²) in [6.45, 7) is 7.62. The number of carbonyl (C=O) groups excluding carboxylic acids is 1. The van der Waals surface area contributed by atoms with Crippen LogP contribution in [0.3, 0.4) is 0 Å². The monoisotopic (exact) mass is 270 g/mol. The number of amides is 2. The van der Waals surface area contributed by atoms with Crippen molar-refractivity contribution in [2.45, 2.75) is 45.4 Å². The van der Waals surface area contributed by atoms with E-state index in [1.54, 1.807) is 11.0 Å². The Morgan fingerprint density at radius 1 is 1.26 bits per heavy atom. The fraction of sp³-hybridized carbons (Fsp3) is 0.714. The van der Waals surface area contributed by atoms with E-state index in [2.05, 4.69) is 11.9 Å². The van der Waals surface area contributed by atoms with Crippen molar-refractivity contribution in [3.63, 3.8) is 0 Å². The molecule has 0 spiro atoms. The Labute approximate surface area is 115 Å². The molecule has 2 N–H and O–H groups in total. The van der Waals surface area contributed by atoms with Crippen LogP contribution in [0.4, 0.5) is 4.79 Å². The zero-order chi connectivity index (χ0) is 14.5. The highest BCUT2D eigenvalue weighted by molar-refractivity contribution is 5.74. The maximum atomic E-state index is 11.8. The van der Waals surface area contributed by atoms with Crippen LogP contribution in [0.1, 0.15) is 45.4 Å². The van der Waals surface area contributed by atoms with Crippen LogP contribution in [0, 0.1) is 0 Å². The topological polar surface area (TPSA) is 69.6 Å². The first-order valence-corrected chi connectivity index (χ1v) is 6.97. The molecule has 0 bridgehead atoms. The van der Waals surface area contributed by atoms with Crippen LogP contribution in [0.2, 0.25) is 0 Å². The van der Waals surface area contributed by atoms with Gasteiger partial charge in [0.25, 0.3) is 0 Å². The highest BCUT2D eigenvalue weighted by atomic mass is 16.4. The molecule has 0 aliphatic rings. The van der Waals surface area contributed by atoms with E-state index in [1.165, 1.54) is 0 Å². The van der Waals surface area contributed by atoms with Gasteiger partial charge in [-0.3, -0.25) is 4.79 Å². The molecule has 0 aliphatic carbocycles. The molecule has 0 atom stereocenters. The van der Waals surface area contributed by atoms with Gasteiger partial charge in [0.05, 0.1) is 0 Å². The molecule has 0 rings (SSSR count). The number of aliphatic carboxylic acids is 1. The van der Waals surface area contributed by atoms with E-state index in [9.17, 15) is 9.59 Å². The maximum Gasteiger partial charge on any atom is 0.317 e. The summed E-state index contributed by atoms with van der Waals surface area (Å²) in [5, 5.41) is 11.4. The second kappa shape index (κ2) is 11.6. The van der Waals surface area contributed by atoms with Gasteiger partial charge in [-0.2, -0.15) is 0 Å². The number of carboxylic acids is 1.